The maximum Gasteiger partial charge on any atom is 0.322 e. The first-order valence-corrected chi connectivity index (χ1v) is 11.7. The van der Waals surface area contributed by atoms with E-state index in [4.69, 9.17) is 4.42 Å². The van der Waals surface area contributed by atoms with Crippen molar-refractivity contribution < 1.29 is 22.0 Å². The molecule has 1 amide bonds. The predicted molar refractivity (Wildman–Crippen MR) is 115 cm³/mol. The number of nitrogens with zero attached hydrogens (tertiary/aromatic N) is 3. The molecule has 1 aliphatic rings. The van der Waals surface area contributed by atoms with E-state index in [2.05, 4.69) is 15.5 Å². The molecule has 8 nitrogen and oxygen atoms in total. The highest BCUT2D eigenvalue weighted by Gasteiger charge is 2.32. The van der Waals surface area contributed by atoms with Crippen LogP contribution in [0.15, 0.2) is 57.8 Å². The monoisotopic (exact) mass is 458 g/mol. The fourth-order valence-electron chi connectivity index (χ4n) is 3.58. The molecule has 1 aliphatic heterocycles. The van der Waals surface area contributed by atoms with Gasteiger partial charge in [0.25, 0.3) is 0 Å². The zero-order chi connectivity index (χ0) is 22.7. The molecule has 0 aliphatic carbocycles. The van der Waals surface area contributed by atoms with Crippen molar-refractivity contribution in [2.75, 3.05) is 18.4 Å². The number of aryl methyl sites for hydroxylation is 1. The average Bonchev–Trinajstić information content (AvgIpc) is 3.22. The number of hydrogen-bond donors (Lipinski definition) is 1. The Balaban J connectivity index is 1.31. The zero-order valence-corrected chi connectivity index (χ0v) is 18.3. The molecule has 1 aromatic heterocycles. The largest absolute Gasteiger partial charge is 0.407 e. The quantitative estimate of drug-likeness (QED) is 0.608. The Kier molecular flexibility index (Phi) is 6.33. The summed E-state index contributed by atoms with van der Waals surface area (Å²) in [4.78, 5) is 12.6. The van der Waals surface area contributed by atoms with E-state index in [1.54, 1.807) is 0 Å². The first kappa shape index (κ1) is 22.1. The number of anilines is 1. The van der Waals surface area contributed by atoms with Gasteiger partial charge in [0.2, 0.25) is 21.8 Å². The van der Waals surface area contributed by atoms with Crippen molar-refractivity contribution in [3.63, 3.8) is 0 Å². The van der Waals surface area contributed by atoms with Crippen molar-refractivity contribution >= 4 is 21.9 Å². The molecule has 0 unspecified atom stereocenters. The van der Waals surface area contributed by atoms with E-state index in [1.807, 2.05) is 31.2 Å². The number of aromatic nitrogens is 2. The fraction of sp³-hybridized carbons (Fsp3) is 0.318. The van der Waals surface area contributed by atoms with Gasteiger partial charge in [-0.05, 0) is 49.6 Å². The van der Waals surface area contributed by atoms with Crippen molar-refractivity contribution in [1.29, 1.82) is 0 Å². The molecule has 168 valence electrons. The minimum atomic E-state index is -3.72. The minimum absolute atomic E-state index is 0.0264. The molecule has 0 saturated carbocycles. The molecule has 32 heavy (non-hydrogen) atoms. The van der Waals surface area contributed by atoms with Gasteiger partial charge in [-0.1, -0.05) is 34.9 Å². The number of halogens is 1. The van der Waals surface area contributed by atoms with Gasteiger partial charge in [0.15, 0.2) is 0 Å². The summed E-state index contributed by atoms with van der Waals surface area (Å²) in [6, 6.07) is 12.7. The van der Waals surface area contributed by atoms with Crippen molar-refractivity contribution in [2.45, 2.75) is 31.1 Å². The van der Waals surface area contributed by atoms with Crippen LogP contribution in [-0.2, 0) is 21.2 Å². The third-order valence-electron chi connectivity index (χ3n) is 5.45. The first-order valence-electron chi connectivity index (χ1n) is 10.3. The van der Waals surface area contributed by atoms with Gasteiger partial charge in [-0.15, -0.1) is 5.10 Å². The molecule has 1 N–H and O–H groups in total. The third kappa shape index (κ3) is 5.03. The highest BCUT2D eigenvalue weighted by atomic mass is 32.2. The molecular formula is C22H23FN4O4S. The summed E-state index contributed by atoms with van der Waals surface area (Å²) in [5.74, 6) is -0.761. The second-order valence-electron chi connectivity index (χ2n) is 7.78. The van der Waals surface area contributed by atoms with Gasteiger partial charge in [-0.25, -0.2) is 12.8 Å². The normalized spacial score (nSPS) is 15.6. The number of hydrogen-bond acceptors (Lipinski definition) is 6. The van der Waals surface area contributed by atoms with E-state index < -0.39 is 15.8 Å². The fourth-order valence-corrected chi connectivity index (χ4v) is 5.05. The van der Waals surface area contributed by atoms with Crippen LogP contribution in [0.3, 0.4) is 0 Å². The number of amides is 1. The Labute approximate surface area is 185 Å². The molecule has 4 rings (SSSR count). The summed E-state index contributed by atoms with van der Waals surface area (Å²) in [6.07, 6.45) is 1.18. The lowest BCUT2D eigenvalue weighted by Crippen LogP contribution is -2.41. The molecule has 2 heterocycles. The molecule has 10 heteroatoms. The second-order valence-corrected chi connectivity index (χ2v) is 9.72. The molecule has 0 atom stereocenters. The van der Waals surface area contributed by atoms with Crippen LogP contribution in [0, 0.1) is 18.7 Å². The summed E-state index contributed by atoms with van der Waals surface area (Å²) < 4.78 is 45.4. The van der Waals surface area contributed by atoms with Gasteiger partial charge in [0.05, 0.1) is 11.3 Å². The van der Waals surface area contributed by atoms with Crippen molar-refractivity contribution in [1.82, 2.24) is 14.5 Å². The number of piperidine rings is 1. The molecular weight excluding hydrogens is 435 g/mol. The van der Waals surface area contributed by atoms with Gasteiger partial charge in [-0.3, -0.25) is 10.1 Å². The first-order chi connectivity index (χ1) is 15.3. The van der Waals surface area contributed by atoms with Gasteiger partial charge in [0, 0.05) is 19.0 Å². The van der Waals surface area contributed by atoms with Gasteiger partial charge in [0.1, 0.15) is 5.82 Å². The lowest BCUT2D eigenvalue weighted by Gasteiger charge is -2.30. The lowest BCUT2D eigenvalue weighted by molar-refractivity contribution is -0.121. The average molecular weight is 459 g/mol. The van der Waals surface area contributed by atoms with E-state index in [0.29, 0.717) is 25.2 Å². The molecule has 2 aromatic carbocycles. The van der Waals surface area contributed by atoms with E-state index in [1.165, 1.54) is 16.4 Å². The number of carbonyl (C=O) groups is 1. The Bertz CT molecular complexity index is 1190. The minimum Gasteiger partial charge on any atom is -0.407 e. The van der Waals surface area contributed by atoms with Crippen LogP contribution in [0.4, 0.5) is 10.4 Å². The van der Waals surface area contributed by atoms with E-state index in [-0.39, 0.29) is 35.8 Å². The predicted octanol–water partition coefficient (Wildman–Crippen LogP) is 3.15. The Hall–Kier alpha value is -3.11. The summed E-state index contributed by atoms with van der Waals surface area (Å²) in [7, 11) is -3.72. The Morgan fingerprint density at radius 1 is 1.09 bits per heavy atom. The number of sulfonamides is 1. The lowest BCUT2D eigenvalue weighted by atomic mass is 9.97. The van der Waals surface area contributed by atoms with Gasteiger partial charge < -0.3 is 4.42 Å². The van der Waals surface area contributed by atoms with Crippen LogP contribution < -0.4 is 5.32 Å². The topological polar surface area (TPSA) is 105 Å². The van der Waals surface area contributed by atoms with Crippen LogP contribution >= 0.6 is 0 Å². The maximum atomic E-state index is 13.1. The maximum absolute atomic E-state index is 13.1. The van der Waals surface area contributed by atoms with Crippen LogP contribution in [0.25, 0.3) is 0 Å². The van der Waals surface area contributed by atoms with Crippen LogP contribution in [0.5, 0.6) is 0 Å². The van der Waals surface area contributed by atoms with E-state index in [0.717, 1.165) is 23.3 Å². The summed E-state index contributed by atoms with van der Waals surface area (Å²) in [5.41, 5.74) is 2.18. The Morgan fingerprint density at radius 2 is 1.75 bits per heavy atom. The molecule has 0 radical (unpaired) electrons. The number of rotatable bonds is 6. The highest BCUT2D eigenvalue weighted by molar-refractivity contribution is 7.89. The number of benzene rings is 2. The van der Waals surface area contributed by atoms with Crippen molar-refractivity contribution in [3.8, 4) is 0 Å². The van der Waals surface area contributed by atoms with E-state index >= 15 is 0 Å². The molecule has 0 bridgehead atoms. The Morgan fingerprint density at radius 3 is 2.41 bits per heavy atom. The van der Waals surface area contributed by atoms with Gasteiger partial charge >= 0.3 is 6.01 Å². The number of carbonyl (C=O) groups excluding carboxylic acids is 1. The SMILES string of the molecule is Cc1ccc(Cc2nnc(NC(=O)C3CCN(S(=O)(=O)c4ccc(F)cc4)CC3)o2)cc1. The van der Waals surface area contributed by atoms with Crippen molar-refractivity contribution in [3.05, 3.63) is 71.4 Å². The molecule has 3 aromatic rings. The van der Waals surface area contributed by atoms with Crippen LogP contribution in [0.2, 0.25) is 0 Å². The summed E-state index contributed by atoms with van der Waals surface area (Å²) in [6.45, 7) is 2.40. The van der Waals surface area contributed by atoms with Crippen molar-refractivity contribution in [2.24, 2.45) is 5.92 Å². The third-order valence-corrected chi connectivity index (χ3v) is 7.36. The number of nitrogens with one attached hydrogen (secondary N) is 1. The zero-order valence-electron chi connectivity index (χ0n) is 17.5. The van der Waals surface area contributed by atoms with Crippen LogP contribution in [0.1, 0.15) is 29.9 Å². The summed E-state index contributed by atoms with van der Waals surface area (Å²) in [5, 5.41) is 10.5. The highest BCUT2D eigenvalue weighted by Crippen LogP contribution is 2.25. The standard InChI is InChI=1S/C22H23FN4O4S/c1-15-2-4-16(5-3-15)14-20-25-26-22(31-20)24-21(28)17-10-12-27(13-11-17)32(29,30)19-8-6-18(23)7-9-19/h2-9,17H,10-14H2,1H3,(H,24,26,28). The smallest absolute Gasteiger partial charge is 0.322 e. The molecule has 1 fully saturated rings. The summed E-state index contributed by atoms with van der Waals surface area (Å²) >= 11 is 0. The second kappa shape index (κ2) is 9.17. The molecule has 0 spiro atoms. The van der Waals surface area contributed by atoms with Crippen LogP contribution in [-0.4, -0.2) is 41.9 Å². The molecule has 1 saturated heterocycles. The van der Waals surface area contributed by atoms with Gasteiger partial charge in [-0.2, -0.15) is 4.31 Å². The van der Waals surface area contributed by atoms with E-state index in [9.17, 15) is 17.6 Å².